The molecule has 0 saturated heterocycles. The molecule has 2 aromatic rings. The summed E-state index contributed by atoms with van der Waals surface area (Å²) < 4.78 is 17.9. The van der Waals surface area contributed by atoms with Crippen molar-refractivity contribution in [3.63, 3.8) is 0 Å². The average Bonchev–Trinajstić information content (AvgIpc) is 2.85. The molecule has 1 aliphatic rings. The van der Waals surface area contributed by atoms with Crippen LogP contribution in [-0.2, 0) is 0 Å². The predicted octanol–water partition coefficient (Wildman–Crippen LogP) is 5.16. The average molecular weight is 434 g/mol. The molecule has 21 heavy (non-hydrogen) atoms. The maximum Gasteiger partial charge on any atom is 0.162 e. The lowest BCUT2D eigenvalue weighted by Crippen LogP contribution is -1.98. The van der Waals surface area contributed by atoms with Crippen molar-refractivity contribution in [2.75, 3.05) is 20.3 Å². The summed E-state index contributed by atoms with van der Waals surface area (Å²) >= 11 is 9.06. The number of fused-ring (bicyclic) bond motifs is 1. The highest BCUT2D eigenvalue weighted by Crippen LogP contribution is 2.46. The van der Waals surface area contributed by atoms with Gasteiger partial charge in [-0.2, -0.15) is 0 Å². The molecule has 0 aliphatic carbocycles. The molecular formula is C15H14Br2O3S. The number of thiophene rings is 1. The SMILES string of the molecule is COc1ccsc1C(Br)c1cc2c(cc1Br)OCCCO2. The first kappa shape index (κ1) is 15.2. The summed E-state index contributed by atoms with van der Waals surface area (Å²) in [7, 11) is 1.69. The Labute approximate surface area is 144 Å². The van der Waals surface area contributed by atoms with Crippen LogP contribution >= 0.6 is 43.2 Å². The third kappa shape index (κ3) is 3.07. The number of halogens is 2. The quantitative estimate of drug-likeness (QED) is 0.625. The first-order chi connectivity index (χ1) is 10.2. The number of hydrogen-bond donors (Lipinski definition) is 0. The van der Waals surface area contributed by atoms with E-state index in [1.807, 2.05) is 23.6 Å². The summed E-state index contributed by atoms with van der Waals surface area (Å²) in [5.74, 6) is 2.48. The second kappa shape index (κ2) is 6.58. The molecule has 1 aromatic carbocycles. The number of alkyl halides is 1. The van der Waals surface area contributed by atoms with Crippen molar-refractivity contribution >= 4 is 43.2 Å². The highest BCUT2D eigenvalue weighted by atomic mass is 79.9. The van der Waals surface area contributed by atoms with Crippen molar-refractivity contribution in [1.82, 2.24) is 0 Å². The summed E-state index contributed by atoms with van der Waals surface area (Å²) in [6.45, 7) is 1.37. The molecule has 1 aromatic heterocycles. The minimum Gasteiger partial charge on any atom is -0.496 e. The van der Waals surface area contributed by atoms with Gasteiger partial charge in [0.05, 0.1) is 30.0 Å². The Morgan fingerprint density at radius 3 is 2.67 bits per heavy atom. The van der Waals surface area contributed by atoms with Gasteiger partial charge in [0.2, 0.25) is 0 Å². The molecule has 1 unspecified atom stereocenters. The number of ether oxygens (including phenoxy) is 3. The van der Waals surface area contributed by atoms with Crippen molar-refractivity contribution in [3.8, 4) is 17.2 Å². The van der Waals surface area contributed by atoms with E-state index >= 15 is 0 Å². The van der Waals surface area contributed by atoms with Crippen molar-refractivity contribution in [1.29, 1.82) is 0 Å². The maximum atomic E-state index is 5.77. The van der Waals surface area contributed by atoms with Crippen molar-refractivity contribution in [2.24, 2.45) is 0 Å². The lowest BCUT2D eigenvalue weighted by molar-refractivity contribution is 0.297. The Bertz CT molecular complexity index is 642. The lowest BCUT2D eigenvalue weighted by atomic mass is 10.1. The van der Waals surface area contributed by atoms with E-state index in [0.717, 1.165) is 38.6 Å². The van der Waals surface area contributed by atoms with Gasteiger partial charge in [0.1, 0.15) is 5.75 Å². The fourth-order valence-electron chi connectivity index (χ4n) is 2.20. The van der Waals surface area contributed by atoms with Crippen LogP contribution in [0.3, 0.4) is 0 Å². The molecule has 1 atom stereocenters. The third-order valence-corrected chi connectivity index (χ3v) is 6.15. The summed E-state index contributed by atoms with van der Waals surface area (Å²) in [6, 6.07) is 5.98. The zero-order valence-electron chi connectivity index (χ0n) is 11.4. The molecule has 0 bridgehead atoms. The van der Waals surface area contributed by atoms with E-state index in [-0.39, 0.29) is 4.83 Å². The lowest BCUT2D eigenvalue weighted by Gasteiger charge is -2.16. The maximum absolute atomic E-state index is 5.77. The van der Waals surface area contributed by atoms with Gasteiger partial charge in [-0.05, 0) is 29.1 Å². The molecule has 2 heterocycles. The predicted molar refractivity (Wildman–Crippen MR) is 91.4 cm³/mol. The summed E-state index contributed by atoms with van der Waals surface area (Å²) in [5, 5.41) is 2.03. The van der Waals surface area contributed by atoms with E-state index in [1.54, 1.807) is 18.4 Å². The van der Waals surface area contributed by atoms with Crippen molar-refractivity contribution in [3.05, 3.63) is 38.5 Å². The van der Waals surface area contributed by atoms with E-state index in [9.17, 15) is 0 Å². The zero-order valence-corrected chi connectivity index (χ0v) is 15.4. The zero-order chi connectivity index (χ0) is 14.8. The molecule has 0 fully saturated rings. The van der Waals surface area contributed by atoms with Crippen LogP contribution in [0.5, 0.6) is 17.2 Å². The fraction of sp³-hybridized carbons (Fsp3) is 0.333. The number of methoxy groups -OCH3 is 1. The van der Waals surface area contributed by atoms with E-state index in [0.29, 0.717) is 13.2 Å². The molecule has 3 rings (SSSR count). The number of benzene rings is 1. The van der Waals surface area contributed by atoms with Crippen LogP contribution in [0.1, 0.15) is 21.7 Å². The second-order valence-corrected chi connectivity index (χ2v) is 7.30. The molecule has 3 nitrogen and oxygen atoms in total. The fourth-order valence-corrected chi connectivity index (χ4v) is 4.84. The Balaban J connectivity index is 2.00. The number of rotatable bonds is 3. The highest BCUT2D eigenvalue weighted by Gasteiger charge is 2.22. The standard InChI is InChI=1S/C15H14Br2O3S/c1-18-11-3-6-21-15(11)14(17)9-7-12-13(8-10(9)16)20-5-2-4-19-12/h3,6-8,14H,2,4-5H2,1H3. The van der Waals surface area contributed by atoms with Crippen LogP contribution in [0.2, 0.25) is 0 Å². The van der Waals surface area contributed by atoms with Gasteiger partial charge in [0.15, 0.2) is 11.5 Å². The van der Waals surface area contributed by atoms with Gasteiger partial charge in [0.25, 0.3) is 0 Å². The Morgan fingerprint density at radius 2 is 1.95 bits per heavy atom. The van der Waals surface area contributed by atoms with E-state index in [2.05, 4.69) is 31.9 Å². The smallest absolute Gasteiger partial charge is 0.162 e. The normalized spacial score (nSPS) is 15.4. The summed E-state index contributed by atoms with van der Waals surface area (Å²) in [4.78, 5) is 1.17. The first-order valence-corrected chi connectivity index (χ1v) is 9.14. The molecule has 0 saturated carbocycles. The molecule has 1 aliphatic heterocycles. The van der Waals surface area contributed by atoms with Gasteiger partial charge in [-0.1, -0.05) is 31.9 Å². The molecule has 0 N–H and O–H groups in total. The number of hydrogen-bond acceptors (Lipinski definition) is 4. The van der Waals surface area contributed by atoms with Crippen LogP contribution < -0.4 is 14.2 Å². The Hall–Kier alpha value is -0.720. The third-order valence-electron chi connectivity index (χ3n) is 3.25. The molecule has 0 spiro atoms. The van der Waals surface area contributed by atoms with Crippen LogP contribution in [0, 0.1) is 0 Å². The molecule has 112 valence electrons. The molecule has 6 heteroatoms. The largest absolute Gasteiger partial charge is 0.496 e. The van der Waals surface area contributed by atoms with Gasteiger partial charge < -0.3 is 14.2 Å². The Kier molecular flexibility index (Phi) is 4.76. The summed E-state index contributed by atoms with van der Waals surface area (Å²) in [5.41, 5.74) is 1.10. The molecule has 0 amide bonds. The summed E-state index contributed by atoms with van der Waals surface area (Å²) in [6.07, 6.45) is 0.901. The van der Waals surface area contributed by atoms with Crippen LogP contribution in [0.25, 0.3) is 0 Å². The van der Waals surface area contributed by atoms with E-state index < -0.39 is 0 Å². The van der Waals surface area contributed by atoms with Crippen molar-refractivity contribution in [2.45, 2.75) is 11.2 Å². The molecule has 0 radical (unpaired) electrons. The van der Waals surface area contributed by atoms with Crippen molar-refractivity contribution < 1.29 is 14.2 Å². The van der Waals surface area contributed by atoms with Crippen LogP contribution in [0.4, 0.5) is 0 Å². The Morgan fingerprint density at radius 1 is 1.24 bits per heavy atom. The van der Waals surface area contributed by atoms with E-state index in [4.69, 9.17) is 14.2 Å². The van der Waals surface area contributed by atoms with Crippen LogP contribution in [0.15, 0.2) is 28.1 Å². The molecular weight excluding hydrogens is 420 g/mol. The highest BCUT2D eigenvalue weighted by molar-refractivity contribution is 9.11. The van der Waals surface area contributed by atoms with Gasteiger partial charge >= 0.3 is 0 Å². The minimum atomic E-state index is 0.0407. The van der Waals surface area contributed by atoms with Gasteiger partial charge in [0, 0.05) is 10.9 Å². The van der Waals surface area contributed by atoms with Crippen LogP contribution in [-0.4, -0.2) is 20.3 Å². The van der Waals surface area contributed by atoms with Gasteiger partial charge in [-0.3, -0.25) is 0 Å². The second-order valence-electron chi connectivity index (χ2n) is 4.59. The van der Waals surface area contributed by atoms with E-state index in [1.165, 1.54) is 0 Å². The minimum absolute atomic E-state index is 0.0407. The van der Waals surface area contributed by atoms with Gasteiger partial charge in [-0.25, -0.2) is 0 Å². The monoisotopic (exact) mass is 432 g/mol. The van der Waals surface area contributed by atoms with Gasteiger partial charge in [-0.15, -0.1) is 11.3 Å². The topological polar surface area (TPSA) is 27.7 Å². The first-order valence-electron chi connectivity index (χ1n) is 6.55.